The zero-order valence-electron chi connectivity index (χ0n) is 36.9. The normalized spacial score (nSPS) is 12.2. The van der Waals surface area contributed by atoms with Gasteiger partial charge in [0.25, 0.3) is 0 Å². The minimum atomic E-state index is -6.31. The Bertz CT molecular complexity index is 3640. The second-order valence-corrected chi connectivity index (χ2v) is 16.2. The largest absolute Gasteiger partial charge is 0.422 e. The van der Waals surface area contributed by atoms with Crippen molar-refractivity contribution in [3.05, 3.63) is 187 Å². The lowest BCUT2D eigenvalue weighted by molar-refractivity contribution is -0.144. The molecule has 8 rings (SSSR count). The van der Waals surface area contributed by atoms with Gasteiger partial charge in [0, 0.05) is 11.4 Å². The lowest BCUT2D eigenvalue weighted by atomic mass is 9.94. The van der Waals surface area contributed by atoms with E-state index in [0.717, 1.165) is 13.8 Å². The maximum absolute atomic E-state index is 16.4. The van der Waals surface area contributed by atoms with Gasteiger partial charge in [-0.2, -0.15) is 26.3 Å². The van der Waals surface area contributed by atoms with E-state index in [1.165, 1.54) is 0 Å². The van der Waals surface area contributed by atoms with Crippen LogP contribution in [-0.2, 0) is 12.4 Å². The van der Waals surface area contributed by atoms with Gasteiger partial charge < -0.3 is 0 Å². The fourth-order valence-electron chi connectivity index (χ4n) is 8.39. The van der Waals surface area contributed by atoms with Crippen molar-refractivity contribution in [1.82, 2.24) is 0 Å². The molecule has 0 heterocycles. The van der Waals surface area contributed by atoms with Gasteiger partial charge in [-0.1, -0.05) is 12.1 Å². The molecule has 0 aliphatic carbocycles. The second kappa shape index (κ2) is 18.8. The lowest BCUT2D eigenvalue weighted by Gasteiger charge is -2.30. The number of anilines is 6. The van der Waals surface area contributed by atoms with Crippen LogP contribution in [0.4, 0.5) is 157 Å². The van der Waals surface area contributed by atoms with Crippen molar-refractivity contribution in [2.24, 2.45) is 0 Å². The molecule has 30 heteroatoms. The molecule has 78 heavy (non-hydrogen) atoms. The third-order valence-electron chi connectivity index (χ3n) is 11.8. The first kappa shape index (κ1) is 56.1. The summed E-state index contributed by atoms with van der Waals surface area (Å²) in [5, 5.41) is -9.63. The van der Waals surface area contributed by atoms with Crippen LogP contribution in [-0.4, -0.2) is 0 Å². The van der Waals surface area contributed by atoms with Crippen molar-refractivity contribution >= 4 is 55.7 Å². The summed E-state index contributed by atoms with van der Waals surface area (Å²) in [6, 6.07) is 2.54. The maximum atomic E-state index is 16.4. The molecule has 0 atom stereocenters. The van der Waals surface area contributed by atoms with Gasteiger partial charge in [-0.05, 0) is 60.4 Å². The number of nitrogens with zero attached hydrogens (tertiary/aromatic N) is 2. The van der Waals surface area contributed by atoms with Crippen LogP contribution in [0.2, 0.25) is 0 Å². The predicted molar refractivity (Wildman–Crippen MR) is 215 cm³/mol. The predicted octanol–water partition coefficient (Wildman–Crippen LogP) is 18.3. The third kappa shape index (κ3) is 8.09. The van der Waals surface area contributed by atoms with Crippen LogP contribution in [0.25, 0.3) is 32.7 Å². The molecule has 0 aliphatic heterocycles. The van der Waals surface area contributed by atoms with Crippen molar-refractivity contribution in [2.75, 3.05) is 9.80 Å². The Morgan fingerprint density at radius 1 is 0.256 bits per heavy atom. The van der Waals surface area contributed by atoms with E-state index in [9.17, 15) is 52.7 Å². The number of hydrogen-bond acceptors (Lipinski definition) is 2. The fourth-order valence-corrected chi connectivity index (χ4v) is 8.39. The van der Waals surface area contributed by atoms with Crippen molar-refractivity contribution in [3.8, 4) is 11.1 Å². The lowest BCUT2D eigenvalue weighted by Crippen LogP contribution is -2.23. The molecule has 410 valence electrons. The molecule has 0 unspecified atom stereocenters. The Kier molecular flexibility index (Phi) is 13.6. The molecule has 8 aromatic carbocycles. The van der Waals surface area contributed by atoms with Crippen LogP contribution in [0, 0.1) is 142 Å². The Labute approximate surface area is 412 Å². The molecule has 0 fully saturated rings. The van der Waals surface area contributed by atoms with Crippen LogP contribution < -0.4 is 9.80 Å². The van der Waals surface area contributed by atoms with Crippen LogP contribution >= 0.6 is 0 Å². The third-order valence-corrected chi connectivity index (χ3v) is 11.8. The number of rotatable bonds is 7. The van der Waals surface area contributed by atoms with Crippen molar-refractivity contribution in [3.63, 3.8) is 0 Å². The Hall–Kier alpha value is -8.08. The molecule has 0 aliphatic rings. The number of alkyl halides is 6. The monoisotopic (exact) mass is 1150 g/mol. The van der Waals surface area contributed by atoms with Gasteiger partial charge >= 0.3 is 12.4 Å². The van der Waals surface area contributed by atoms with Gasteiger partial charge in [0.15, 0.2) is 128 Å². The molecule has 0 amide bonds. The van der Waals surface area contributed by atoms with Gasteiger partial charge in [0.1, 0.15) is 33.9 Å². The number of benzene rings is 8. The SMILES string of the molecule is Cc1cc(N(c2c(F)c(F)c(C(F)(F)F)c(F)c2F)c2c(F)c(F)c3c(F)c(F)c(F)c(F)c3c2F)ccc1-c1ccc(N(c2c(F)c(F)c(C(F)(F)F)c(F)c2F)c2c(F)c(F)c3c(F)c(F)c(F)c(F)c3c2F)cc1C. The van der Waals surface area contributed by atoms with Crippen LogP contribution in [0.1, 0.15) is 22.3 Å². The van der Waals surface area contributed by atoms with E-state index in [2.05, 4.69) is 0 Å². The van der Waals surface area contributed by atoms with E-state index in [1.54, 1.807) is 0 Å². The number of hydrogen-bond donors (Lipinski definition) is 0. The molecular weight excluding hydrogens is 1140 g/mol. The first-order valence-corrected chi connectivity index (χ1v) is 20.4. The minimum absolute atomic E-state index is 0.314. The number of aryl methyl sites for hydroxylation is 2. The highest BCUT2D eigenvalue weighted by molar-refractivity contribution is 5.94. The Morgan fingerprint density at radius 3 is 0.692 bits per heavy atom. The first-order chi connectivity index (χ1) is 36.0. The first-order valence-electron chi connectivity index (χ1n) is 20.4. The molecule has 0 spiro atoms. The smallest absolute Gasteiger partial charge is 0.300 e. The summed E-state index contributed by atoms with van der Waals surface area (Å²) < 4.78 is 419. The van der Waals surface area contributed by atoms with E-state index in [0.29, 0.717) is 36.4 Å². The molecule has 0 saturated heterocycles. The zero-order valence-corrected chi connectivity index (χ0v) is 36.9. The van der Waals surface area contributed by atoms with Gasteiger partial charge in [0.05, 0.1) is 21.5 Å². The standard InChI is InChI=1S/C48H12F28N2/c1-9-7-11(77(45-39(67)29(57)19(47(71,72)73)30(58)40(45)68)43-27(55)17-15(25(53)37(43)65)21(49)33(61)35(63)23(17)51)3-5-13(9)14-6-4-12(8-10(14)2)78(46-41(69)31(59)20(48(74,75)76)32(60)42(46)70)44-28(56)18-16(26(54)38(44)66)22(50)34(62)36(64)24(18)52/h3-8H,1-2H3. The van der Waals surface area contributed by atoms with E-state index in [1.807, 2.05) is 0 Å². The molecule has 0 N–H and O–H groups in total. The Morgan fingerprint density at radius 2 is 0.462 bits per heavy atom. The summed E-state index contributed by atoms with van der Waals surface area (Å²) in [7, 11) is 0. The molecule has 0 saturated carbocycles. The molecule has 0 bridgehead atoms. The van der Waals surface area contributed by atoms with E-state index in [-0.39, 0.29) is 0 Å². The highest BCUT2D eigenvalue weighted by Crippen LogP contribution is 2.52. The van der Waals surface area contributed by atoms with Gasteiger partial charge in [-0.3, -0.25) is 9.80 Å². The van der Waals surface area contributed by atoms with Crippen molar-refractivity contribution in [1.29, 1.82) is 0 Å². The van der Waals surface area contributed by atoms with Crippen molar-refractivity contribution < 1.29 is 123 Å². The van der Waals surface area contributed by atoms with Gasteiger partial charge in [-0.25, -0.2) is 96.6 Å². The topological polar surface area (TPSA) is 6.48 Å². The van der Waals surface area contributed by atoms with E-state index < -0.39 is 239 Å². The quantitative estimate of drug-likeness (QED) is 0.0891. The highest BCUT2D eigenvalue weighted by atomic mass is 19.4. The van der Waals surface area contributed by atoms with E-state index in [4.69, 9.17) is 0 Å². The minimum Gasteiger partial charge on any atom is -0.300 e. The molecule has 0 aromatic heterocycles. The summed E-state index contributed by atoms with van der Waals surface area (Å²) in [4.78, 5) is -1.67. The maximum Gasteiger partial charge on any atom is 0.422 e. The van der Waals surface area contributed by atoms with Crippen LogP contribution in [0.15, 0.2) is 36.4 Å². The summed E-state index contributed by atoms with van der Waals surface area (Å²) in [6.07, 6.45) is -12.6. The zero-order chi connectivity index (χ0) is 58.3. The van der Waals surface area contributed by atoms with E-state index >= 15 is 70.2 Å². The average molecular weight is 1150 g/mol. The molecule has 2 nitrogen and oxygen atoms in total. The average Bonchev–Trinajstić information content (AvgIpc) is 3.56. The number of fused-ring (bicyclic) bond motifs is 2. The highest BCUT2D eigenvalue weighted by Gasteiger charge is 2.47. The van der Waals surface area contributed by atoms with Gasteiger partial charge in [0.2, 0.25) is 0 Å². The molecular formula is C48H12F28N2. The van der Waals surface area contributed by atoms with Crippen LogP contribution in [0.3, 0.4) is 0 Å². The summed E-state index contributed by atoms with van der Waals surface area (Å²) in [5.41, 5.74) is -21.9. The number of halogens is 28. The molecule has 0 radical (unpaired) electrons. The summed E-state index contributed by atoms with van der Waals surface area (Å²) >= 11 is 0. The van der Waals surface area contributed by atoms with Crippen LogP contribution in [0.5, 0.6) is 0 Å². The Balaban J connectivity index is 1.40. The second-order valence-electron chi connectivity index (χ2n) is 16.2. The fraction of sp³-hybridized carbons (Fsp3) is 0.0833. The summed E-state index contributed by atoms with van der Waals surface area (Å²) in [5.74, 6) is -67.3. The molecule has 8 aromatic rings. The van der Waals surface area contributed by atoms with Crippen molar-refractivity contribution in [2.45, 2.75) is 26.2 Å². The van der Waals surface area contributed by atoms with Gasteiger partial charge in [-0.15, -0.1) is 0 Å². The summed E-state index contributed by atoms with van der Waals surface area (Å²) in [6.45, 7) is 1.68.